The highest BCUT2D eigenvalue weighted by atomic mass is 79.9. The first-order chi connectivity index (χ1) is 13.7. The van der Waals surface area contributed by atoms with Crippen LogP contribution in [0.5, 0.6) is 5.75 Å². The summed E-state index contributed by atoms with van der Waals surface area (Å²) >= 11 is 3.66. The number of rotatable bonds is 3. The van der Waals surface area contributed by atoms with Crippen LogP contribution in [0.2, 0.25) is 0 Å². The number of hydrogen-bond acceptors (Lipinski definition) is 6. The van der Waals surface area contributed by atoms with Crippen molar-refractivity contribution in [2.75, 3.05) is 19.9 Å². The maximum atomic E-state index is 14.4. The average Bonchev–Trinajstić information content (AvgIpc) is 2.70. The normalized spacial score (nSPS) is 22.0. The minimum Gasteiger partial charge on any atom is -0.782 e. The highest BCUT2D eigenvalue weighted by Crippen LogP contribution is 2.42. The maximum Gasteiger partial charge on any atom is 0.206 e. The van der Waals surface area contributed by atoms with Crippen LogP contribution in [0.3, 0.4) is 0 Å². The summed E-state index contributed by atoms with van der Waals surface area (Å²) in [7, 11) is -3.98. The predicted octanol–water partition coefficient (Wildman–Crippen LogP) is 4.27. The van der Waals surface area contributed by atoms with Crippen molar-refractivity contribution in [3.8, 4) is 5.75 Å². The molecule has 0 amide bonds. The predicted molar refractivity (Wildman–Crippen MR) is 108 cm³/mol. The molecule has 0 saturated carbocycles. The molecule has 6 nitrogen and oxygen atoms in total. The topological polar surface area (TPSA) is 78.9 Å². The molecule has 2 aliphatic heterocycles. The van der Waals surface area contributed by atoms with E-state index < -0.39 is 26.0 Å². The van der Waals surface area contributed by atoms with Crippen molar-refractivity contribution >= 4 is 25.8 Å². The Hall–Kier alpha value is -1.52. The van der Waals surface area contributed by atoms with Crippen molar-refractivity contribution in [1.82, 2.24) is 5.06 Å². The molecule has 1 fully saturated rings. The molecular formula is C20H20BrFNO5S-. The maximum absolute atomic E-state index is 14.4. The molecule has 9 heteroatoms. The van der Waals surface area contributed by atoms with Crippen LogP contribution in [0.15, 0.2) is 46.2 Å². The molecule has 1 atom stereocenters. The van der Waals surface area contributed by atoms with Gasteiger partial charge in [-0.15, -0.1) is 0 Å². The average molecular weight is 485 g/mol. The minimum atomic E-state index is -3.98. The van der Waals surface area contributed by atoms with Crippen molar-refractivity contribution in [2.24, 2.45) is 0 Å². The third-order valence-corrected chi connectivity index (χ3v) is 8.49. The van der Waals surface area contributed by atoms with E-state index in [2.05, 4.69) is 15.9 Å². The molecule has 0 bridgehead atoms. The van der Waals surface area contributed by atoms with Crippen molar-refractivity contribution in [3.05, 3.63) is 58.5 Å². The lowest BCUT2D eigenvalue weighted by Crippen LogP contribution is -2.30. The summed E-state index contributed by atoms with van der Waals surface area (Å²) in [5, 5.41) is 12.5. The van der Waals surface area contributed by atoms with Gasteiger partial charge in [-0.3, -0.25) is 0 Å². The quantitative estimate of drug-likeness (QED) is 0.605. The number of ether oxygens (including phenoxy) is 2. The number of halogens is 2. The van der Waals surface area contributed by atoms with Crippen LogP contribution >= 0.6 is 15.9 Å². The summed E-state index contributed by atoms with van der Waals surface area (Å²) in [5.41, 5.74) is 1.19. The van der Waals surface area contributed by atoms with Gasteiger partial charge in [0.1, 0.15) is 18.3 Å². The molecular weight excluding hydrogens is 465 g/mol. The van der Waals surface area contributed by atoms with Crippen LogP contribution in [0, 0.1) is 11.0 Å². The first-order valence-corrected chi connectivity index (χ1v) is 11.5. The van der Waals surface area contributed by atoms with Gasteiger partial charge in [0.2, 0.25) is 9.84 Å². The zero-order valence-corrected chi connectivity index (χ0v) is 18.1. The molecule has 1 saturated heterocycles. The first kappa shape index (κ1) is 20.7. The molecule has 29 heavy (non-hydrogen) atoms. The molecule has 0 N–H and O–H groups in total. The third kappa shape index (κ3) is 3.82. The van der Waals surface area contributed by atoms with E-state index in [1.54, 1.807) is 13.0 Å². The molecule has 0 radical (unpaired) electrons. The second-order valence-corrected chi connectivity index (χ2v) is 10.8. The van der Waals surface area contributed by atoms with Gasteiger partial charge in [-0.1, -0.05) is 22.0 Å². The number of benzene rings is 2. The summed E-state index contributed by atoms with van der Waals surface area (Å²) < 4.78 is 51.1. The van der Waals surface area contributed by atoms with E-state index in [9.17, 15) is 18.0 Å². The Balaban J connectivity index is 1.75. The highest BCUT2D eigenvalue weighted by molar-refractivity contribution is 9.09. The van der Waals surface area contributed by atoms with E-state index in [-0.39, 0.29) is 16.5 Å². The highest BCUT2D eigenvalue weighted by Gasteiger charge is 2.33. The monoisotopic (exact) mass is 484 g/mol. The van der Waals surface area contributed by atoms with Gasteiger partial charge >= 0.3 is 0 Å². The molecule has 156 valence electrons. The van der Waals surface area contributed by atoms with Crippen LogP contribution in [-0.4, -0.2) is 33.4 Å². The minimum absolute atomic E-state index is 0.00468. The third-order valence-electron chi connectivity index (χ3n) is 5.51. The van der Waals surface area contributed by atoms with E-state index >= 15 is 0 Å². The number of sulfone groups is 1. The van der Waals surface area contributed by atoms with Gasteiger partial charge in [0, 0.05) is 24.8 Å². The Labute approximate surface area is 177 Å². The Morgan fingerprint density at radius 3 is 2.62 bits per heavy atom. The van der Waals surface area contributed by atoms with Crippen LogP contribution < -0.4 is 4.74 Å². The lowest BCUT2D eigenvalue weighted by atomic mass is 9.91. The zero-order valence-electron chi connectivity index (χ0n) is 15.7. The van der Waals surface area contributed by atoms with Gasteiger partial charge in [-0.05, 0) is 55.7 Å². The van der Waals surface area contributed by atoms with E-state index in [0.717, 1.165) is 11.1 Å². The van der Waals surface area contributed by atoms with Crippen LogP contribution in [0.1, 0.15) is 36.9 Å². The Kier molecular flexibility index (Phi) is 5.45. The molecule has 4 rings (SSSR count). The molecule has 2 aliphatic rings. The van der Waals surface area contributed by atoms with Gasteiger partial charge in [0.25, 0.3) is 0 Å². The zero-order chi connectivity index (χ0) is 20.8. The fourth-order valence-electron chi connectivity index (χ4n) is 3.65. The number of nitrogens with zero attached hydrogens (tertiary/aromatic N) is 1. The van der Waals surface area contributed by atoms with Crippen molar-refractivity contribution in [1.29, 1.82) is 0 Å². The smallest absolute Gasteiger partial charge is 0.206 e. The number of alkyl halides is 1. The summed E-state index contributed by atoms with van der Waals surface area (Å²) in [6.07, 6.45) is 1.23. The fourth-order valence-corrected chi connectivity index (χ4v) is 5.53. The van der Waals surface area contributed by atoms with Crippen LogP contribution in [0.25, 0.3) is 0 Å². The fraction of sp³-hybridized carbons (Fsp3) is 0.400. The molecule has 0 aliphatic carbocycles. The van der Waals surface area contributed by atoms with E-state index in [1.807, 2.05) is 0 Å². The van der Waals surface area contributed by atoms with Gasteiger partial charge in [0.05, 0.1) is 14.1 Å². The standard InChI is InChI=1S/C20H20BrFNO5S/c1-13-18-3-2-16(11-19(18)28-12-23(13)24)29(25,26)17-9-14(8-15(22)10-17)20(21)4-6-27-7-5-20/h2-3,8-11,13H,4-7,12H2,1H3/q-1. The van der Waals surface area contributed by atoms with Crippen LogP contribution in [0.4, 0.5) is 4.39 Å². The lowest BCUT2D eigenvalue weighted by molar-refractivity contribution is 0.0785. The second-order valence-electron chi connectivity index (χ2n) is 7.32. The summed E-state index contributed by atoms with van der Waals surface area (Å²) in [6, 6.07) is 7.87. The summed E-state index contributed by atoms with van der Waals surface area (Å²) in [5.74, 6) is -0.264. The van der Waals surface area contributed by atoms with E-state index in [4.69, 9.17) is 9.47 Å². The molecule has 0 aromatic heterocycles. The Morgan fingerprint density at radius 2 is 1.90 bits per heavy atom. The summed E-state index contributed by atoms with van der Waals surface area (Å²) in [4.78, 5) is -0.123. The molecule has 0 spiro atoms. The van der Waals surface area contributed by atoms with Crippen molar-refractivity contribution < 1.29 is 22.3 Å². The van der Waals surface area contributed by atoms with Crippen molar-refractivity contribution in [3.63, 3.8) is 0 Å². The number of hydrogen-bond donors (Lipinski definition) is 0. The van der Waals surface area contributed by atoms with Gasteiger partial charge in [-0.25, -0.2) is 12.8 Å². The van der Waals surface area contributed by atoms with Gasteiger partial charge in [-0.2, -0.15) is 0 Å². The number of hydroxylamine groups is 2. The van der Waals surface area contributed by atoms with Gasteiger partial charge < -0.3 is 19.7 Å². The van der Waals surface area contributed by atoms with Gasteiger partial charge in [0.15, 0.2) is 0 Å². The second kappa shape index (κ2) is 7.63. The molecule has 1 unspecified atom stereocenters. The Bertz CT molecular complexity index is 1040. The molecule has 2 aromatic carbocycles. The first-order valence-electron chi connectivity index (χ1n) is 9.24. The largest absolute Gasteiger partial charge is 0.782 e. The van der Waals surface area contributed by atoms with Crippen LogP contribution in [-0.2, 0) is 18.9 Å². The lowest BCUT2D eigenvalue weighted by Gasteiger charge is -2.39. The molecule has 2 aromatic rings. The van der Waals surface area contributed by atoms with E-state index in [1.165, 1.54) is 24.3 Å². The van der Waals surface area contributed by atoms with Crippen molar-refractivity contribution in [2.45, 2.75) is 39.9 Å². The molecule has 2 heterocycles. The summed E-state index contributed by atoms with van der Waals surface area (Å²) in [6.45, 7) is 2.59. The SMILES string of the molecule is CC1c2ccc(S(=O)(=O)c3cc(F)cc(C4(Br)CCOCC4)c3)cc2OCN1[O-]. The van der Waals surface area contributed by atoms with E-state index in [0.29, 0.717) is 42.9 Å². The number of fused-ring (bicyclic) bond motifs is 1. The Morgan fingerprint density at radius 1 is 1.17 bits per heavy atom.